The largest absolute Gasteiger partial charge is 0.508 e. The fourth-order valence-electron chi connectivity index (χ4n) is 4.65. The number of phenols is 2. The summed E-state index contributed by atoms with van der Waals surface area (Å²) >= 11 is 0. The summed E-state index contributed by atoms with van der Waals surface area (Å²) in [6.45, 7) is 9.08. The topological polar surface area (TPSA) is 116 Å². The van der Waals surface area contributed by atoms with Crippen molar-refractivity contribution in [3.8, 4) is 11.5 Å². The molecule has 0 amide bonds. The number of cyclic esters (lactones) is 1. The highest BCUT2D eigenvalue weighted by Crippen LogP contribution is 2.39. The van der Waals surface area contributed by atoms with Crippen LogP contribution in [0, 0.1) is 0 Å². The lowest BCUT2D eigenvalue weighted by Gasteiger charge is -2.33. The highest BCUT2D eigenvalue weighted by molar-refractivity contribution is 5.96. The summed E-state index contributed by atoms with van der Waals surface area (Å²) in [7, 11) is 0. The van der Waals surface area contributed by atoms with E-state index in [0.717, 1.165) is 5.57 Å². The number of esters is 1. The van der Waals surface area contributed by atoms with Crippen molar-refractivity contribution in [3.63, 3.8) is 0 Å². The summed E-state index contributed by atoms with van der Waals surface area (Å²) in [6, 6.07) is 1.19. The Kier molecular flexibility index (Phi) is 6.94. The SMILES string of the molecule is C/C(=C\Cc1c(O)cc(O)c2c1C[C@@H](C)OC2=O)CCC(O)[C@]1(C)CC[C@@H](C(C)(C)O)O1. The first kappa shape index (κ1) is 24.6. The number of rotatable bonds is 7. The van der Waals surface area contributed by atoms with E-state index in [9.17, 15) is 25.2 Å². The molecule has 0 bridgehead atoms. The number of fused-ring (bicyclic) bond motifs is 1. The first-order valence-corrected chi connectivity index (χ1v) is 11.3. The maximum absolute atomic E-state index is 12.2. The number of hydrogen-bond donors (Lipinski definition) is 4. The van der Waals surface area contributed by atoms with Gasteiger partial charge < -0.3 is 29.9 Å². The summed E-state index contributed by atoms with van der Waals surface area (Å²) in [5.41, 5.74) is 0.778. The van der Waals surface area contributed by atoms with E-state index in [0.29, 0.717) is 49.7 Å². The van der Waals surface area contributed by atoms with E-state index in [-0.39, 0.29) is 29.3 Å². The smallest absolute Gasteiger partial charge is 0.342 e. The summed E-state index contributed by atoms with van der Waals surface area (Å²) in [5.74, 6) is -0.886. The van der Waals surface area contributed by atoms with E-state index < -0.39 is 23.3 Å². The summed E-state index contributed by atoms with van der Waals surface area (Å²) in [6.07, 6.45) is 4.09. The second kappa shape index (κ2) is 9.04. The van der Waals surface area contributed by atoms with Crippen LogP contribution in [0.5, 0.6) is 11.5 Å². The lowest BCUT2D eigenvalue weighted by atomic mass is 9.89. The van der Waals surface area contributed by atoms with Gasteiger partial charge in [0, 0.05) is 18.1 Å². The Balaban J connectivity index is 1.66. The molecule has 1 aromatic rings. The number of aliphatic hydroxyl groups is 2. The standard InChI is InChI=1S/C25H36O7/c1-14(7-9-20(28)25(5)11-10-21(32-25)24(3,4)30)6-8-16-17-12-15(2)31-23(29)22(17)19(27)13-18(16)26/h6,13,15,20-21,26-28,30H,7-12H2,1-5H3/b14-6+/t15-,20?,21+,25+/m1/s1. The normalized spacial score (nSPS) is 27.2. The summed E-state index contributed by atoms with van der Waals surface area (Å²) < 4.78 is 11.2. The Hall–Kier alpha value is -2.09. The van der Waals surface area contributed by atoms with Crippen LogP contribution in [-0.2, 0) is 22.3 Å². The van der Waals surface area contributed by atoms with E-state index in [1.807, 2.05) is 19.9 Å². The minimum Gasteiger partial charge on any atom is -0.508 e. The van der Waals surface area contributed by atoms with Crippen LogP contribution in [0.1, 0.15) is 81.8 Å². The van der Waals surface area contributed by atoms with Crippen LogP contribution < -0.4 is 0 Å². The molecule has 1 saturated heterocycles. The molecule has 0 saturated carbocycles. The van der Waals surface area contributed by atoms with Crippen LogP contribution in [0.25, 0.3) is 0 Å². The molecular formula is C25H36O7. The zero-order valence-corrected chi connectivity index (χ0v) is 19.6. The molecule has 2 aliphatic rings. The number of allylic oxidation sites excluding steroid dienone is 2. The van der Waals surface area contributed by atoms with Crippen molar-refractivity contribution in [1.29, 1.82) is 0 Å². The molecule has 0 radical (unpaired) electrons. The average molecular weight is 449 g/mol. The lowest BCUT2D eigenvalue weighted by Crippen LogP contribution is -2.43. The third kappa shape index (κ3) is 5.11. The van der Waals surface area contributed by atoms with Gasteiger partial charge >= 0.3 is 5.97 Å². The van der Waals surface area contributed by atoms with Crippen molar-refractivity contribution in [1.82, 2.24) is 0 Å². The predicted molar refractivity (Wildman–Crippen MR) is 120 cm³/mol. The van der Waals surface area contributed by atoms with Gasteiger partial charge in [0.25, 0.3) is 0 Å². The quantitative estimate of drug-likeness (QED) is 0.372. The molecule has 2 heterocycles. The summed E-state index contributed by atoms with van der Waals surface area (Å²) in [5, 5.41) is 41.5. The van der Waals surface area contributed by atoms with E-state index in [1.54, 1.807) is 20.8 Å². The van der Waals surface area contributed by atoms with Crippen molar-refractivity contribution in [2.45, 2.75) is 103 Å². The fourth-order valence-corrected chi connectivity index (χ4v) is 4.65. The molecule has 3 rings (SSSR count). The van der Waals surface area contributed by atoms with E-state index in [2.05, 4.69) is 0 Å². The third-order valence-electron chi connectivity index (χ3n) is 6.78. The number of aliphatic hydroxyl groups excluding tert-OH is 1. The average Bonchev–Trinajstić information content (AvgIpc) is 3.09. The molecule has 1 unspecified atom stereocenters. The van der Waals surface area contributed by atoms with Crippen LogP contribution >= 0.6 is 0 Å². The Labute approximate surface area is 189 Å². The van der Waals surface area contributed by atoms with Crippen molar-refractivity contribution in [2.24, 2.45) is 0 Å². The van der Waals surface area contributed by atoms with Crippen LogP contribution in [0.3, 0.4) is 0 Å². The number of benzene rings is 1. The van der Waals surface area contributed by atoms with Gasteiger partial charge in [-0.2, -0.15) is 0 Å². The monoisotopic (exact) mass is 448 g/mol. The van der Waals surface area contributed by atoms with E-state index in [1.165, 1.54) is 6.07 Å². The Morgan fingerprint density at radius 3 is 2.66 bits per heavy atom. The molecule has 0 aliphatic carbocycles. The number of carbonyl (C=O) groups excluding carboxylic acids is 1. The Morgan fingerprint density at radius 2 is 2.03 bits per heavy atom. The van der Waals surface area contributed by atoms with Crippen molar-refractivity contribution >= 4 is 5.97 Å². The zero-order chi connectivity index (χ0) is 23.8. The van der Waals surface area contributed by atoms with Gasteiger partial charge in [-0.3, -0.25) is 0 Å². The molecular weight excluding hydrogens is 412 g/mol. The minimum atomic E-state index is -0.942. The van der Waals surface area contributed by atoms with Crippen LogP contribution in [0.15, 0.2) is 17.7 Å². The van der Waals surface area contributed by atoms with Gasteiger partial charge in [-0.25, -0.2) is 4.79 Å². The predicted octanol–water partition coefficient (Wildman–Crippen LogP) is 3.54. The maximum atomic E-state index is 12.2. The van der Waals surface area contributed by atoms with Crippen LogP contribution in [0.4, 0.5) is 0 Å². The molecule has 1 fully saturated rings. The minimum absolute atomic E-state index is 0.0447. The van der Waals surface area contributed by atoms with Gasteiger partial charge in [0.1, 0.15) is 23.2 Å². The first-order chi connectivity index (χ1) is 14.8. The molecule has 178 valence electrons. The molecule has 4 atom stereocenters. The third-order valence-corrected chi connectivity index (χ3v) is 6.78. The summed E-state index contributed by atoms with van der Waals surface area (Å²) in [4.78, 5) is 12.2. The number of hydrogen-bond acceptors (Lipinski definition) is 7. The molecule has 0 aromatic heterocycles. The molecule has 7 nitrogen and oxygen atoms in total. The fraction of sp³-hybridized carbons (Fsp3) is 0.640. The number of aromatic hydroxyl groups is 2. The van der Waals surface area contributed by atoms with Crippen molar-refractivity contribution < 1.29 is 34.7 Å². The Bertz CT molecular complexity index is 899. The highest BCUT2D eigenvalue weighted by atomic mass is 16.5. The van der Waals surface area contributed by atoms with Gasteiger partial charge in [-0.1, -0.05) is 11.6 Å². The molecule has 0 spiro atoms. The molecule has 32 heavy (non-hydrogen) atoms. The van der Waals surface area contributed by atoms with Gasteiger partial charge in [0.2, 0.25) is 0 Å². The van der Waals surface area contributed by atoms with Crippen LogP contribution in [0.2, 0.25) is 0 Å². The molecule has 1 aromatic carbocycles. The van der Waals surface area contributed by atoms with Crippen molar-refractivity contribution in [3.05, 3.63) is 34.4 Å². The van der Waals surface area contributed by atoms with Crippen molar-refractivity contribution in [2.75, 3.05) is 0 Å². The number of carbonyl (C=O) groups is 1. The first-order valence-electron chi connectivity index (χ1n) is 11.3. The van der Waals surface area contributed by atoms with Gasteiger partial charge in [-0.05, 0) is 72.3 Å². The Morgan fingerprint density at radius 1 is 1.34 bits per heavy atom. The van der Waals surface area contributed by atoms with E-state index in [4.69, 9.17) is 9.47 Å². The molecule has 4 N–H and O–H groups in total. The maximum Gasteiger partial charge on any atom is 0.342 e. The second-order valence-electron chi connectivity index (χ2n) is 10.1. The molecule has 7 heteroatoms. The number of phenolic OH excluding ortho intramolecular Hbond substituents is 2. The van der Waals surface area contributed by atoms with Gasteiger partial charge in [-0.15, -0.1) is 0 Å². The van der Waals surface area contributed by atoms with Gasteiger partial charge in [0.05, 0.1) is 23.4 Å². The molecule has 2 aliphatic heterocycles. The zero-order valence-electron chi connectivity index (χ0n) is 19.6. The van der Waals surface area contributed by atoms with Crippen LogP contribution in [-0.4, -0.2) is 55.9 Å². The van der Waals surface area contributed by atoms with Gasteiger partial charge in [0.15, 0.2) is 0 Å². The highest BCUT2D eigenvalue weighted by Gasteiger charge is 2.46. The van der Waals surface area contributed by atoms with E-state index >= 15 is 0 Å². The second-order valence-corrected chi connectivity index (χ2v) is 10.1. The number of ether oxygens (including phenoxy) is 2. The lowest BCUT2D eigenvalue weighted by molar-refractivity contribution is -0.153.